The lowest BCUT2D eigenvalue weighted by Crippen LogP contribution is -2.16. The minimum absolute atomic E-state index is 0.0191. The molecule has 102 valence electrons. The van der Waals surface area contributed by atoms with Crippen molar-refractivity contribution < 1.29 is 0 Å². The summed E-state index contributed by atoms with van der Waals surface area (Å²) in [5.41, 5.74) is 11.0. The zero-order valence-corrected chi connectivity index (χ0v) is 13.2. The Kier molecular flexibility index (Phi) is 4.42. The fourth-order valence-electron chi connectivity index (χ4n) is 2.22. The first-order chi connectivity index (χ1) is 9.01. The Morgan fingerprint density at radius 3 is 2.74 bits per heavy atom. The summed E-state index contributed by atoms with van der Waals surface area (Å²) in [6.45, 7) is 4.20. The third-order valence-electron chi connectivity index (χ3n) is 3.37. The minimum atomic E-state index is -0.0191. The number of halogens is 1. The molecule has 0 spiro atoms. The average Bonchev–Trinajstić information content (AvgIpc) is 2.73. The predicted molar refractivity (Wildman–Crippen MR) is 82.1 cm³/mol. The molecule has 1 atom stereocenters. The van der Waals surface area contributed by atoms with Gasteiger partial charge in [0.15, 0.2) is 0 Å². The molecular formula is C15H20BrN3. The Morgan fingerprint density at radius 2 is 2.11 bits per heavy atom. The van der Waals surface area contributed by atoms with Crippen molar-refractivity contribution in [3.05, 3.63) is 51.3 Å². The zero-order valence-electron chi connectivity index (χ0n) is 11.7. The Bertz CT molecular complexity index is 575. The molecule has 2 aromatic rings. The van der Waals surface area contributed by atoms with E-state index in [9.17, 15) is 0 Å². The van der Waals surface area contributed by atoms with Gasteiger partial charge < -0.3 is 5.73 Å². The second-order valence-electron chi connectivity index (χ2n) is 4.94. The molecule has 2 rings (SSSR count). The minimum Gasteiger partial charge on any atom is -0.324 e. The van der Waals surface area contributed by atoms with Crippen molar-refractivity contribution in [2.24, 2.45) is 12.8 Å². The molecule has 0 fully saturated rings. The van der Waals surface area contributed by atoms with Gasteiger partial charge in [-0.1, -0.05) is 40.5 Å². The first-order valence-electron chi connectivity index (χ1n) is 6.54. The van der Waals surface area contributed by atoms with Crippen LogP contribution in [-0.2, 0) is 19.9 Å². The van der Waals surface area contributed by atoms with Gasteiger partial charge in [0.2, 0.25) is 0 Å². The van der Waals surface area contributed by atoms with Crippen molar-refractivity contribution in [1.29, 1.82) is 0 Å². The summed E-state index contributed by atoms with van der Waals surface area (Å²) in [6, 6.07) is 8.41. The summed E-state index contributed by atoms with van der Waals surface area (Å²) in [5.74, 6) is 0. The lowest BCUT2D eigenvalue weighted by Gasteiger charge is -2.14. The summed E-state index contributed by atoms with van der Waals surface area (Å²) in [7, 11) is 1.98. The first kappa shape index (κ1) is 14.3. The Morgan fingerprint density at radius 1 is 1.37 bits per heavy atom. The van der Waals surface area contributed by atoms with E-state index in [4.69, 9.17) is 5.73 Å². The van der Waals surface area contributed by atoms with Gasteiger partial charge in [0.25, 0.3) is 0 Å². The molecule has 1 unspecified atom stereocenters. The van der Waals surface area contributed by atoms with Crippen LogP contribution in [0.4, 0.5) is 0 Å². The second-order valence-corrected chi connectivity index (χ2v) is 5.79. The van der Waals surface area contributed by atoms with Crippen molar-refractivity contribution in [3.8, 4) is 0 Å². The van der Waals surface area contributed by atoms with Crippen LogP contribution in [-0.4, -0.2) is 9.78 Å². The Labute approximate surface area is 122 Å². The van der Waals surface area contributed by atoms with Crippen LogP contribution in [0.1, 0.15) is 35.5 Å². The van der Waals surface area contributed by atoms with E-state index < -0.39 is 0 Å². The summed E-state index contributed by atoms with van der Waals surface area (Å²) >= 11 is 3.58. The molecule has 0 bridgehead atoms. The van der Waals surface area contributed by atoms with Gasteiger partial charge in [-0.3, -0.25) is 4.68 Å². The molecular weight excluding hydrogens is 302 g/mol. The van der Waals surface area contributed by atoms with Gasteiger partial charge in [0.05, 0.1) is 5.69 Å². The lowest BCUT2D eigenvalue weighted by atomic mass is 10.0. The average molecular weight is 322 g/mol. The molecule has 19 heavy (non-hydrogen) atoms. The molecule has 0 aliphatic rings. The molecule has 0 amide bonds. The van der Waals surface area contributed by atoms with Gasteiger partial charge in [-0.25, -0.2) is 0 Å². The van der Waals surface area contributed by atoms with Crippen LogP contribution in [0.25, 0.3) is 0 Å². The second kappa shape index (κ2) is 5.88. The van der Waals surface area contributed by atoms with Crippen LogP contribution in [0.3, 0.4) is 0 Å². The highest BCUT2D eigenvalue weighted by atomic mass is 79.9. The van der Waals surface area contributed by atoms with Crippen LogP contribution < -0.4 is 5.73 Å². The normalized spacial score (nSPS) is 12.7. The summed E-state index contributed by atoms with van der Waals surface area (Å²) < 4.78 is 3.01. The molecule has 0 saturated heterocycles. The van der Waals surface area contributed by atoms with E-state index in [1.165, 1.54) is 11.3 Å². The number of benzene rings is 1. The number of hydrogen-bond donors (Lipinski definition) is 1. The number of hydrogen-bond acceptors (Lipinski definition) is 2. The fraction of sp³-hybridized carbons (Fsp3) is 0.400. The number of nitrogens with zero attached hydrogens (tertiary/aromatic N) is 2. The van der Waals surface area contributed by atoms with Crippen LogP contribution in [0.2, 0.25) is 0 Å². The summed E-state index contributed by atoms with van der Waals surface area (Å²) in [6.07, 6.45) is 1.75. The molecule has 0 saturated carbocycles. The third-order valence-corrected chi connectivity index (χ3v) is 4.09. The maximum absolute atomic E-state index is 6.35. The summed E-state index contributed by atoms with van der Waals surface area (Å²) in [4.78, 5) is 0. The number of rotatable bonds is 4. The first-order valence-corrected chi connectivity index (χ1v) is 7.34. The van der Waals surface area contributed by atoms with Gasteiger partial charge in [-0.2, -0.15) is 5.10 Å². The van der Waals surface area contributed by atoms with Gasteiger partial charge in [-0.05, 0) is 31.0 Å². The molecule has 0 aliphatic carbocycles. The molecule has 0 radical (unpaired) electrons. The van der Waals surface area contributed by atoms with Crippen LogP contribution in [0.5, 0.6) is 0 Å². The van der Waals surface area contributed by atoms with Crippen molar-refractivity contribution in [3.63, 3.8) is 0 Å². The predicted octanol–water partition coefficient (Wildman–Crippen LogP) is 3.30. The van der Waals surface area contributed by atoms with Crippen molar-refractivity contribution >= 4 is 15.9 Å². The fourth-order valence-corrected chi connectivity index (χ4v) is 2.76. The highest BCUT2D eigenvalue weighted by molar-refractivity contribution is 9.10. The quantitative estimate of drug-likeness (QED) is 0.939. The van der Waals surface area contributed by atoms with Crippen LogP contribution in [0.15, 0.2) is 28.7 Å². The number of nitrogens with two attached hydrogens (primary N) is 1. The van der Waals surface area contributed by atoms with E-state index in [1.54, 1.807) is 0 Å². The van der Waals surface area contributed by atoms with Crippen LogP contribution >= 0.6 is 15.9 Å². The molecule has 1 aromatic heterocycles. The smallest absolute Gasteiger partial charge is 0.0624 e. The monoisotopic (exact) mass is 321 g/mol. The van der Waals surface area contributed by atoms with E-state index in [0.717, 1.165) is 28.6 Å². The van der Waals surface area contributed by atoms with E-state index in [1.807, 2.05) is 11.7 Å². The highest BCUT2D eigenvalue weighted by Crippen LogP contribution is 2.25. The number of aryl methyl sites for hydroxylation is 3. The van der Waals surface area contributed by atoms with Gasteiger partial charge in [0, 0.05) is 29.7 Å². The molecule has 4 heteroatoms. The lowest BCUT2D eigenvalue weighted by molar-refractivity contribution is 0.636. The largest absolute Gasteiger partial charge is 0.324 e. The highest BCUT2D eigenvalue weighted by Gasteiger charge is 2.14. The van der Waals surface area contributed by atoms with Crippen molar-refractivity contribution in [2.75, 3.05) is 0 Å². The summed E-state index contributed by atoms with van der Waals surface area (Å²) in [5, 5.41) is 4.47. The maximum atomic E-state index is 6.35. The van der Waals surface area contributed by atoms with Crippen LogP contribution in [0, 0.1) is 6.92 Å². The van der Waals surface area contributed by atoms with Gasteiger partial charge in [0.1, 0.15) is 0 Å². The molecule has 2 N–H and O–H groups in total. The standard InChI is InChI=1S/C15H20BrN3/c1-4-11-8-12(19(3)18-11)9-15(17)13-7-10(2)5-6-14(13)16/h5-8,15H,4,9,17H2,1-3H3. The van der Waals surface area contributed by atoms with Crippen molar-refractivity contribution in [1.82, 2.24) is 9.78 Å². The SMILES string of the molecule is CCc1cc(CC(N)c2cc(C)ccc2Br)n(C)n1. The van der Waals surface area contributed by atoms with Crippen molar-refractivity contribution in [2.45, 2.75) is 32.7 Å². The van der Waals surface area contributed by atoms with E-state index in [0.29, 0.717) is 0 Å². The van der Waals surface area contributed by atoms with E-state index in [2.05, 4.69) is 59.1 Å². The van der Waals surface area contributed by atoms with Gasteiger partial charge in [-0.15, -0.1) is 0 Å². The van der Waals surface area contributed by atoms with Gasteiger partial charge >= 0.3 is 0 Å². The Hall–Kier alpha value is -1.13. The maximum Gasteiger partial charge on any atom is 0.0624 e. The third kappa shape index (κ3) is 3.25. The Balaban J connectivity index is 2.22. The molecule has 1 heterocycles. The molecule has 1 aromatic carbocycles. The number of aromatic nitrogens is 2. The molecule has 0 aliphatic heterocycles. The van der Waals surface area contributed by atoms with E-state index in [-0.39, 0.29) is 6.04 Å². The zero-order chi connectivity index (χ0) is 14.0. The molecule has 3 nitrogen and oxygen atoms in total. The van der Waals surface area contributed by atoms with E-state index >= 15 is 0 Å². The topological polar surface area (TPSA) is 43.8 Å².